The van der Waals surface area contributed by atoms with Gasteiger partial charge in [-0.15, -0.1) is 0 Å². The topological polar surface area (TPSA) is 84.2 Å². The van der Waals surface area contributed by atoms with Gasteiger partial charge in [-0.05, 0) is 43.9 Å². The normalized spacial score (nSPS) is 16.1. The van der Waals surface area contributed by atoms with Gasteiger partial charge in [-0.3, -0.25) is 9.59 Å². The molecule has 1 aromatic carbocycles. The SMILES string of the molecule is CNC(=O)c1cccc(NC(=O)CC2(N)CCC2)c1C. The lowest BCUT2D eigenvalue weighted by Crippen LogP contribution is -2.49. The summed E-state index contributed by atoms with van der Waals surface area (Å²) in [5, 5.41) is 5.44. The largest absolute Gasteiger partial charge is 0.355 e. The Bertz CT molecular complexity index is 536. The van der Waals surface area contributed by atoms with E-state index in [9.17, 15) is 9.59 Å². The second kappa shape index (κ2) is 5.63. The smallest absolute Gasteiger partial charge is 0.251 e. The summed E-state index contributed by atoms with van der Waals surface area (Å²) in [5.41, 5.74) is 7.73. The molecule has 0 spiro atoms. The number of rotatable bonds is 4. The Hall–Kier alpha value is -1.88. The molecule has 0 unspecified atom stereocenters. The van der Waals surface area contributed by atoms with E-state index in [1.165, 1.54) is 0 Å². The second-order valence-corrected chi connectivity index (χ2v) is 5.50. The van der Waals surface area contributed by atoms with Gasteiger partial charge >= 0.3 is 0 Å². The molecule has 0 bridgehead atoms. The molecule has 20 heavy (non-hydrogen) atoms. The number of hydrogen-bond acceptors (Lipinski definition) is 3. The lowest BCUT2D eigenvalue weighted by molar-refractivity contribution is -0.118. The van der Waals surface area contributed by atoms with Crippen molar-refractivity contribution in [3.8, 4) is 0 Å². The molecule has 1 aromatic rings. The lowest BCUT2D eigenvalue weighted by Gasteiger charge is -2.37. The van der Waals surface area contributed by atoms with Crippen LogP contribution in [-0.4, -0.2) is 24.4 Å². The Morgan fingerprint density at radius 3 is 2.60 bits per heavy atom. The zero-order valence-corrected chi connectivity index (χ0v) is 12.0. The van der Waals surface area contributed by atoms with Crippen molar-refractivity contribution in [2.75, 3.05) is 12.4 Å². The van der Waals surface area contributed by atoms with Gasteiger partial charge in [-0.2, -0.15) is 0 Å². The number of carbonyl (C=O) groups excluding carboxylic acids is 2. The Morgan fingerprint density at radius 2 is 2.05 bits per heavy atom. The molecule has 0 radical (unpaired) electrons. The van der Waals surface area contributed by atoms with Crippen LogP contribution >= 0.6 is 0 Å². The van der Waals surface area contributed by atoms with Gasteiger partial charge in [-0.25, -0.2) is 0 Å². The summed E-state index contributed by atoms with van der Waals surface area (Å²) in [6.45, 7) is 1.82. The average Bonchev–Trinajstić information content (AvgIpc) is 2.38. The number of nitrogens with two attached hydrogens (primary N) is 1. The van der Waals surface area contributed by atoms with Crippen molar-refractivity contribution in [1.29, 1.82) is 0 Å². The number of nitrogens with one attached hydrogen (secondary N) is 2. The maximum atomic E-state index is 12.0. The summed E-state index contributed by atoms with van der Waals surface area (Å²) in [7, 11) is 1.59. The van der Waals surface area contributed by atoms with E-state index in [2.05, 4.69) is 10.6 Å². The van der Waals surface area contributed by atoms with E-state index in [1.807, 2.05) is 6.92 Å². The van der Waals surface area contributed by atoms with Crippen LogP contribution in [0, 0.1) is 6.92 Å². The van der Waals surface area contributed by atoms with Crippen LogP contribution in [-0.2, 0) is 4.79 Å². The number of anilines is 1. The molecule has 1 aliphatic rings. The van der Waals surface area contributed by atoms with E-state index in [0.29, 0.717) is 17.7 Å². The highest BCUT2D eigenvalue weighted by molar-refractivity contribution is 5.99. The maximum absolute atomic E-state index is 12.0. The summed E-state index contributed by atoms with van der Waals surface area (Å²) >= 11 is 0. The molecule has 0 heterocycles. The third-order valence-electron chi connectivity index (χ3n) is 3.94. The van der Waals surface area contributed by atoms with Crippen molar-refractivity contribution in [3.63, 3.8) is 0 Å². The highest BCUT2D eigenvalue weighted by Gasteiger charge is 2.34. The first-order valence-electron chi connectivity index (χ1n) is 6.86. The monoisotopic (exact) mass is 275 g/mol. The first kappa shape index (κ1) is 14.5. The molecule has 108 valence electrons. The number of carbonyl (C=O) groups is 2. The van der Waals surface area contributed by atoms with Crippen LogP contribution in [0.5, 0.6) is 0 Å². The van der Waals surface area contributed by atoms with E-state index >= 15 is 0 Å². The highest BCUT2D eigenvalue weighted by atomic mass is 16.2. The first-order valence-corrected chi connectivity index (χ1v) is 6.86. The molecule has 1 aliphatic carbocycles. The van der Waals surface area contributed by atoms with Crippen molar-refractivity contribution < 1.29 is 9.59 Å². The summed E-state index contributed by atoms with van der Waals surface area (Å²) in [4.78, 5) is 23.7. The van der Waals surface area contributed by atoms with Gasteiger partial charge < -0.3 is 16.4 Å². The number of benzene rings is 1. The van der Waals surface area contributed by atoms with Crippen molar-refractivity contribution in [3.05, 3.63) is 29.3 Å². The Labute approximate surface area is 118 Å². The molecule has 1 saturated carbocycles. The molecule has 2 amide bonds. The van der Waals surface area contributed by atoms with E-state index < -0.39 is 0 Å². The molecule has 0 aromatic heterocycles. The average molecular weight is 275 g/mol. The quantitative estimate of drug-likeness (QED) is 0.779. The summed E-state index contributed by atoms with van der Waals surface area (Å²) in [6, 6.07) is 5.29. The third kappa shape index (κ3) is 2.99. The van der Waals surface area contributed by atoms with Gasteiger partial charge in [0, 0.05) is 30.3 Å². The minimum absolute atomic E-state index is 0.0932. The molecule has 1 fully saturated rings. The van der Waals surface area contributed by atoms with Crippen LogP contribution in [0.1, 0.15) is 41.6 Å². The minimum Gasteiger partial charge on any atom is -0.355 e. The molecule has 5 heteroatoms. The third-order valence-corrected chi connectivity index (χ3v) is 3.94. The molecule has 0 atom stereocenters. The Kier molecular flexibility index (Phi) is 4.09. The van der Waals surface area contributed by atoms with Crippen molar-refractivity contribution >= 4 is 17.5 Å². The van der Waals surface area contributed by atoms with Crippen LogP contribution in [0.2, 0.25) is 0 Å². The molecule has 2 rings (SSSR count). The summed E-state index contributed by atoms with van der Waals surface area (Å²) in [6.07, 6.45) is 3.22. The van der Waals surface area contributed by atoms with Gasteiger partial charge in [0.1, 0.15) is 0 Å². The molecule has 5 nitrogen and oxygen atoms in total. The fourth-order valence-corrected chi connectivity index (χ4v) is 2.47. The van der Waals surface area contributed by atoms with Crippen molar-refractivity contribution in [2.24, 2.45) is 5.73 Å². The molecular formula is C15H21N3O2. The van der Waals surface area contributed by atoms with Crippen LogP contribution in [0.4, 0.5) is 5.69 Å². The van der Waals surface area contributed by atoms with Gasteiger partial charge in [0.15, 0.2) is 0 Å². The molecule has 0 saturated heterocycles. The minimum atomic E-state index is -0.337. The van der Waals surface area contributed by atoms with Crippen molar-refractivity contribution in [1.82, 2.24) is 5.32 Å². The predicted octanol–water partition coefficient (Wildman–Crippen LogP) is 1.56. The summed E-state index contributed by atoms with van der Waals surface area (Å²) in [5.74, 6) is -0.253. The van der Waals surface area contributed by atoms with Crippen LogP contribution in [0.3, 0.4) is 0 Å². The van der Waals surface area contributed by atoms with Gasteiger partial charge in [-0.1, -0.05) is 6.07 Å². The zero-order valence-electron chi connectivity index (χ0n) is 12.0. The Morgan fingerprint density at radius 1 is 1.35 bits per heavy atom. The lowest BCUT2D eigenvalue weighted by atomic mass is 9.75. The van der Waals surface area contributed by atoms with E-state index in [-0.39, 0.29) is 17.4 Å². The second-order valence-electron chi connectivity index (χ2n) is 5.50. The fraction of sp³-hybridized carbons (Fsp3) is 0.467. The number of amides is 2. The van der Waals surface area contributed by atoms with Gasteiger partial charge in [0.05, 0.1) is 0 Å². The number of hydrogen-bond donors (Lipinski definition) is 3. The molecular weight excluding hydrogens is 254 g/mol. The van der Waals surface area contributed by atoms with E-state index in [1.54, 1.807) is 25.2 Å². The maximum Gasteiger partial charge on any atom is 0.251 e. The van der Waals surface area contributed by atoms with Crippen LogP contribution < -0.4 is 16.4 Å². The standard InChI is InChI=1S/C15H21N3O2/c1-10-11(14(20)17-2)5-3-6-12(10)18-13(19)9-15(16)7-4-8-15/h3,5-6H,4,7-9,16H2,1-2H3,(H,17,20)(H,18,19). The van der Waals surface area contributed by atoms with Crippen LogP contribution in [0.15, 0.2) is 18.2 Å². The summed E-state index contributed by atoms with van der Waals surface area (Å²) < 4.78 is 0. The van der Waals surface area contributed by atoms with Gasteiger partial charge in [0.2, 0.25) is 5.91 Å². The fourth-order valence-electron chi connectivity index (χ4n) is 2.47. The predicted molar refractivity (Wildman–Crippen MR) is 78.6 cm³/mol. The zero-order chi connectivity index (χ0) is 14.8. The van der Waals surface area contributed by atoms with Crippen molar-refractivity contribution in [2.45, 2.75) is 38.1 Å². The molecule has 4 N–H and O–H groups in total. The van der Waals surface area contributed by atoms with E-state index in [4.69, 9.17) is 5.73 Å². The molecule has 0 aliphatic heterocycles. The van der Waals surface area contributed by atoms with Crippen LogP contribution in [0.25, 0.3) is 0 Å². The Balaban J connectivity index is 2.09. The van der Waals surface area contributed by atoms with E-state index in [0.717, 1.165) is 24.8 Å². The first-order chi connectivity index (χ1) is 9.45. The highest BCUT2D eigenvalue weighted by Crippen LogP contribution is 2.32. The van der Waals surface area contributed by atoms with Gasteiger partial charge in [0.25, 0.3) is 5.91 Å².